The van der Waals surface area contributed by atoms with E-state index in [1.807, 2.05) is 13.8 Å². The van der Waals surface area contributed by atoms with Crippen molar-refractivity contribution in [3.63, 3.8) is 0 Å². The normalized spacial score (nSPS) is 22.1. The van der Waals surface area contributed by atoms with E-state index in [4.69, 9.17) is 16.3 Å². The Hall–Kier alpha value is -1.35. The van der Waals surface area contributed by atoms with Gasteiger partial charge in [0, 0.05) is 30.3 Å². The number of hydrogen-bond acceptors (Lipinski definition) is 4. The standard InChI is InChI=1S/C15H22ClN3O4S/c1-11-9-19(10-12(2)23-11)24(21,22)8-7-17-15(20)18-14-5-3-13(16)4-6-14/h3-6,11-12H,7-10H2,1-2H3,(H2,17,18,20). The SMILES string of the molecule is CC1CN(S(=O)(=O)CCNC(=O)Nc2ccc(Cl)cc2)CC(C)O1. The van der Waals surface area contributed by atoms with Gasteiger partial charge in [0.05, 0.1) is 18.0 Å². The lowest BCUT2D eigenvalue weighted by atomic mass is 10.3. The van der Waals surface area contributed by atoms with Crippen molar-refractivity contribution in [3.8, 4) is 0 Å². The van der Waals surface area contributed by atoms with Gasteiger partial charge in [0.1, 0.15) is 0 Å². The van der Waals surface area contributed by atoms with Crippen molar-refractivity contribution >= 4 is 33.3 Å². The first kappa shape index (κ1) is 19.0. The monoisotopic (exact) mass is 375 g/mol. The maximum Gasteiger partial charge on any atom is 0.319 e. The number of amides is 2. The van der Waals surface area contributed by atoms with Crippen molar-refractivity contribution in [2.75, 3.05) is 30.7 Å². The van der Waals surface area contributed by atoms with Gasteiger partial charge in [-0.25, -0.2) is 13.2 Å². The summed E-state index contributed by atoms with van der Waals surface area (Å²) < 4.78 is 31.6. The van der Waals surface area contributed by atoms with Crippen LogP contribution in [0.5, 0.6) is 0 Å². The number of urea groups is 1. The highest BCUT2D eigenvalue weighted by Crippen LogP contribution is 2.15. The molecule has 0 radical (unpaired) electrons. The highest BCUT2D eigenvalue weighted by Gasteiger charge is 2.30. The maximum absolute atomic E-state index is 12.3. The molecule has 9 heteroatoms. The Kier molecular flexibility index (Phi) is 6.45. The van der Waals surface area contributed by atoms with Gasteiger partial charge in [-0.3, -0.25) is 0 Å². The van der Waals surface area contributed by atoms with Crippen molar-refractivity contribution < 1.29 is 17.9 Å². The summed E-state index contributed by atoms with van der Waals surface area (Å²) in [4.78, 5) is 11.8. The number of benzene rings is 1. The van der Waals surface area contributed by atoms with E-state index in [-0.39, 0.29) is 24.5 Å². The molecule has 0 saturated carbocycles. The molecule has 2 N–H and O–H groups in total. The molecule has 0 aromatic heterocycles. The fraction of sp³-hybridized carbons (Fsp3) is 0.533. The van der Waals surface area contributed by atoms with Crippen LogP contribution in [0, 0.1) is 0 Å². The summed E-state index contributed by atoms with van der Waals surface area (Å²) in [6.07, 6.45) is -0.269. The van der Waals surface area contributed by atoms with Crippen LogP contribution in [0.4, 0.5) is 10.5 Å². The number of anilines is 1. The van der Waals surface area contributed by atoms with Gasteiger partial charge in [-0.2, -0.15) is 4.31 Å². The molecule has 134 valence electrons. The lowest BCUT2D eigenvalue weighted by Crippen LogP contribution is -2.49. The van der Waals surface area contributed by atoms with Crippen molar-refractivity contribution in [3.05, 3.63) is 29.3 Å². The molecular formula is C15H22ClN3O4S. The molecule has 1 aromatic rings. The lowest BCUT2D eigenvalue weighted by Gasteiger charge is -2.34. The molecule has 1 aliphatic rings. The first-order valence-corrected chi connectivity index (χ1v) is 9.68. The second-order valence-electron chi connectivity index (χ2n) is 5.78. The molecule has 1 aromatic carbocycles. The predicted octanol–water partition coefficient (Wildman–Crippen LogP) is 1.90. The molecule has 2 rings (SSSR count). The third kappa shape index (κ3) is 5.62. The van der Waals surface area contributed by atoms with E-state index < -0.39 is 16.1 Å². The van der Waals surface area contributed by atoms with E-state index in [2.05, 4.69) is 10.6 Å². The number of carbonyl (C=O) groups is 1. The number of hydrogen-bond donors (Lipinski definition) is 2. The molecule has 0 bridgehead atoms. The predicted molar refractivity (Wildman–Crippen MR) is 93.8 cm³/mol. The smallest absolute Gasteiger partial charge is 0.319 e. The van der Waals surface area contributed by atoms with E-state index in [9.17, 15) is 13.2 Å². The van der Waals surface area contributed by atoms with Crippen LogP contribution in [0.2, 0.25) is 5.02 Å². The van der Waals surface area contributed by atoms with Crippen molar-refractivity contribution in [2.24, 2.45) is 0 Å². The van der Waals surface area contributed by atoms with Crippen LogP contribution in [0.25, 0.3) is 0 Å². The summed E-state index contributed by atoms with van der Waals surface area (Å²) in [7, 11) is -3.43. The fourth-order valence-corrected chi connectivity index (χ4v) is 4.11. The third-order valence-electron chi connectivity index (χ3n) is 3.53. The molecule has 24 heavy (non-hydrogen) atoms. The number of nitrogens with zero attached hydrogens (tertiary/aromatic N) is 1. The van der Waals surface area contributed by atoms with Gasteiger partial charge in [0.25, 0.3) is 0 Å². The zero-order chi connectivity index (χ0) is 17.7. The highest BCUT2D eigenvalue weighted by atomic mass is 35.5. The van der Waals surface area contributed by atoms with E-state index >= 15 is 0 Å². The number of rotatable bonds is 5. The summed E-state index contributed by atoms with van der Waals surface area (Å²) in [6.45, 7) is 4.39. The molecule has 1 saturated heterocycles. The minimum absolute atomic E-state index is 0.0296. The van der Waals surface area contributed by atoms with Crippen molar-refractivity contribution in [1.82, 2.24) is 9.62 Å². The maximum atomic E-state index is 12.3. The minimum atomic E-state index is -3.43. The molecule has 1 fully saturated rings. The van der Waals surface area contributed by atoms with Crippen LogP contribution >= 0.6 is 11.6 Å². The molecule has 2 atom stereocenters. The van der Waals surface area contributed by atoms with Gasteiger partial charge >= 0.3 is 6.03 Å². The van der Waals surface area contributed by atoms with Gasteiger partial charge in [-0.1, -0.05) is 11.6 Å². The molecule has 0 aliphatic carbocycles. The van der Waals surface area contributed by atoms with Crippen LogP contribution in [0.3, 0.4) is 0 Å². The lowest BCUT2D eigenvalue weighted by molar-refractivity contribution is -0.0440. The van der Waals surface area contributed by atoms with Crippen molar-refractivity contribution in [1.29, 1.82) is 0 Å². The fourth-order valence-electron chi connectivity index (χ4n) is 2.49. The average molecular weight is 376 g/mol. The molecule has 1 aliphatic heterocycles. The molecule has 2 amide bonds. The van der Waals surface area contributed by atoms with Gasteiger partial charge in [-0.15, -0.1) is 0 Å². The highest BCUT2D eigenvalue weighted by molar-refractivity contribution is 7.89. The van der Waals surface area contributed by atoms with Gasteiger partial charge < -0.3 is 15.4 Å². The van der Waals surface area contributed by atoms with Crippen molar-refractivity contribution in [2.45, 2.75) is 26.1 Å². The largest absolute Gasteiger partial charge is 0.373 e. The number of sulfonamides is 1. The quantitative estimate of drug-likeness (QED) is 0.822. The Morgan fingerprint density at radius 3 is 2.42 bits per heavy atom. The average Bonchev–Trinajstić information content (AvgIpc) is 2.48. The third-order valence-corrected chi connectivity index (χ3v) is 5.58. The number of carbonyl (C=O) groups excluding carboxylic acids is 1. The zero-order valence-electron chi connectivity index (χ0n) is 13.7. The first-order valence-electron chi connectivity index (χ1n) is 7.70. The Morgan fingerprint density at radius 1 is 1.25 bits per heavy atom. The second-order valence-corrected chi connectivity index (χ2v) is 8.30. The molecule has 2 unspecified atom stereocenters. The summed E-state index contributed by atoms with van der Waals surface area (Å²) in [5.41, 5.74) is 0.579. The van der Waals surface area contributed by atoms with Gasteiger partial charge in [0.15, 0.2) is 0 Å². The van der Waals surface area contributed by atoms with E-state index in [0.717, 1.165) is 0 Å². The van der Waals surface area contributed by atoms with E-state index in [1.54, 1.807) is 24.3 Å². The van der Waals surface area contributed by atoms with Gasteiger partial charge in [0.2, 0.25) is 10.0 Å². The van der Waals surface area contributed by atoms with Gasteiger partial charge in [-0.05, 0) is 38.1 Å². The van der Waals surface area contributed by atoms with Crippen LogP contribution in [-0.4, -0.2) is 56.3 Å². The topological polar surface area (TPSA) is 87.7 Å². The van der Waals surface area contributed by atoms with E-state index in [0.29, 0.717) is 23.8 Å². The Balaban J connectivity index is 1.79. The Bertz CT molecular complexity index is 656. The number of halogens is 1. The Labute approximate surface area is 147 Å². The summed E-state index contributed by atoms with van der Waals surface area (Å²) >= 11 is 5.77. The molecule has 0 spiro atoms. The molecule has 1 heterocycles. The molecule has 7 nitrogen and oxygen atoms in total. The van der Waals surface area contributed by atoms with Crippen LogP contribution in [-0.2, 0) is 14.8 Å². The summed E-state index contributed by atoms with van der Waals surface area (Å²) in [5, 5.41) is 5.73. The second kappa shape index (κ2) is 8.15. The number of ether oxygens (including phenoxy) is 1. The summed E-state index contributed by atoms with van der Waals surface area (Å²) in [6, 6.07) is 6.17. The van der Waals surface area contributed by atoms with Crippen LogP contribution < -0.4 is 10.6 Å². The minimum Gasteiger partial charge on any atom is -0.373 e. The first-order chi connectivity index (χ1) is 11.3. The zero-order valence-corrected chi connectivity index (χ0v) is 15.2. The van der Waals surface area contributed by atoms with Crippen LogP contribution in [0.15, 0.2) is 24.3 Å². The number of morpholine rings is 1. The summed E-state index contributed by atoms with van der Waals surface area (Å²) in [5.74, 6) is -0.152. The molecular weight excluding hydrogens is 354 g/mol. The Morgan fingerprint density at radius 2 is 1.83 bits per heavy atom. The van der Waals surface area contributed by atoms with E-state index in [1.165, 1.54) is 4.31 Å². The van der Waals surface area contributed by atoms with Crippen LogP contribution in [0.1, 0.15) is 13.8 Å². The number of nitrogens with one attached hydrogen (secondary N) is 2.